The Labute approximate surface area is 124 Å². The van der Waals surface area contributed by atoms with Crippen LogP contribution in [0.1, 0.15) is 71.6 Å². The molecule has 0 radical (unpaired) electrons. The molecule has 0 aliphatic carbocycles. The summed E-state index contributed by atoms with van der Waals surface area (Å²) >= 11 is 0. The molecule has 0 aliphatic heterocycles. The van der Waals surface area contributed by atoms with Crippen LogP contribution in [0.25, 0.3) is 0 Å². The molecule has 0 fully saturated rings. The van der Waals surface area contributed by atoms with E-state index in [1.54, 1.807) is 0 Å². The minimum atomic E-state index is -0.577. The van der Waals surface area contributed by atoms with Gasteiger partial charge in [0.1, 0.15) is 6.10 Å². The number of benzene rings is 1. The molecule has 0 aromatic heterocycles. The van der Waals surface area contributed by atoms with Crippen molar-refractivity contribution < 1.29 is 9.84 Å². The van der Waals surface area contributed by atoms with Gasteiger partial charge in [-0.15, -0.1) is 0 Å². The van der Waals surface area contributed by atoms with E-state index in [0.29, 0.717) is 6.61 Å². The summed E-state index contributed by atoms with van der Waals surface area (Å²) in [5, 5.41) is 10.7. The van der Waals surface area contributed by atoms with Crippen molar-refractivity contribution in [2.75, 3.05) is 6.61 Å². The average Bonchev–Trinajstić information content (AvgIpc) is 2.43. The van der Waals surface area contributed by atoms with E-state index in [9.17, 15) is 5.11 Å². The molecule has 0 spiro atoms. The average molecular weight is 278 g/mol. The van der Waals surface area contributed by atoms with Crippen LogP contribution in [0.15, 0.2) is 24.3 Å². The number of aliphatic hydroxyl groups is 1. The molecule has 1 N–H and O–H groups in total. The predicted octanol–water partition coefficient (Wildman–Crippen LogP) is 4.61. The van der Waals surface area contributed by atoms with Crippen molar-refractivity contribution in [1.82, 2.24) is 0 Å². The molecule has 1 unspecified atom stereocenters. The normalized spacial score (nSPS) is 14.3. The first-order valence-corrected chi connectivity index (χ1v) is 7.73. The molecule has 0 heterocycles. The standard InChI is InChI=1S/C18H30O2/c1-7-18(8-2,20-9-3)16(19)14-10-12-15(13-11-14)17(4,5)6/h10-13,16,19H,7-9H2,1-6H3. The lowest BCUT2D eigenvalue weighted by molar-refractivity contribution is -0.127. The zero-order valence-electron chi connectivity index (χ0n) is 13.9. The van der Waals surface area contributed by atoms with E-state index in [1.165, 1.54) is 5.56 Å². The summed E-state index contributed by atoms with van der Waals surface area (Å²) in [5.41, 5.74) is 1.88. The largest absolute Gasteiger partial charge is 0.385 e. The van der Waals surface area contributed by atoms with Crippen LogP contribution in [-0.2, 0) is 10.2 Å². The Morgan fingerprint density at radius 1 is 1.00 bits per heavy atom. The lowest BCUT2D eigenvalue weighted by atomic mass is 9.83. The third-order valence-corrected chi connectivity index (χ3v) is 4.22. The minimum Gasteiger partial charge on any atom is -0.385 e. The quantitative estimate of drug-likeness (QED) is 0.823. The van der Waals surface area contributed by atoms with E-state index in [4.69, 9.17) is 4.74 Å². The molecule has 1 aromatic rings. The Hall–Kier alpha value is -0.860. The first kappa shape index (κ1) is 17.2. The van der Waals surface area contributed by atoms with Gasteiger partial charge in [-0.3, -0.25) is 0 Å². The van der Waals surface area contributed by atoms with Crippen molar-refractivity contribution in [2.45, 2.75) is 71.5 Å². The second-order valence-electron chi connectivity index (χ2n) is 6.48. The van der Waals surface area contributed by atoms with Crippen molar-refractivity contribution in [3.63, 3.8) is 0 Å². The number of hydrogen-bond acceptors (Lipinski definition) is 2. The number of ether oxygens (including phenoxy) is 1. The molecule has 0 saturated heterocycles. The fourth-order valence-corrected chi connectivity index (χ4v) is 2.68. The van der Waals surface area contributed by atoms with E-state index in [-0.39, 0.29) is 5.41 Å². The minimum absolute atomic E-state index is 0.135. The van der Waals surface area contributed by atoms with Gasteiger partial charge >= 0.3 is 0 Å². The van der Waals surface area contributed by atoms with Crippen LogP contribution in [0.2, 0.25) is 0 Å². The number of rotatable bonds is 6. The van der Waals surface area contributed by atoms with Gasteiger partial charge in [0.05, 0.1) is 5.60 Å². The van der Waals surface area contributed by atoms with Crippen molar-refractivity contribution in [2.24, 2.45) is 0 Å². The lowest BCUT2D eigenvalue weighted by Crippen LogP contribution is -2.38. The molecule has 0 aliphatic rings. The Balaban J connectivity index is 3.04. The molecule has 1 aromatic carbocycles. The fourth-order valence-electron chi connectivity index (χ4n) is 2.68. The zero-order chi connectivity index (χ0) is 15.4. The van der Waals surface area contributed by atoms with E-state index in [2.05, 4.69) is 46.8 Å². The maximum Gasteiger partial charge on any atom is 0.108 e. The molecule has 1 atom stereocenters. The van der Waals surface area contributed by atoms with Crippen LogP contribution in [0.3, 0.4) is 0 Å². The van der Waals surface area contributed by atoms with Gasteiger partial charge in [0.15, 0.2) is 0 Å². The summed E-state index contributed by atoms with van der Waals surface area (Å²) in [4.78, 5) is 0. The molecule has 0 bridgehead atoms. The van der Waals surface area contributed by atoms with Gasteiger partial charge in [-0.2, -0.15) is 0 Å². The van der Waals surface area contributed by atoms with Gasteiger partial charge in [-0.25, -0.2) is 0 Å². The smallest absolute Gasteiger partial charge is 0.108 e. The van der Waals surface area contributed by atoms with E-state index in [0.717, 1.165) is 18.4 Å². The van der Waals surface area contributed by atoms with Crippen LogP contribution in [0, 0.1) is 0 Å². The summed E-state index contributed by atoms with van der Waals surface area (Å²) in [6, 6.07) is 8.29. The summed E-state index contributed by atoms with van der Waals surface area (Å²) in [5.74, 6) is 0. The van der Waals surface area contributed by atoms with Gasteiger partial charge in [0.2, 0.25) is 0 Å². The summed E-state index contributed by atoms with van der Waals surface area (Å²) in [7, 11) is 0. The van der Waals surface area contributed by atoms with Crippen LogP contribution in [0.5, 0.6) is 0 Å². The third-order valence-electron chi connectivity index (χ3n) is 4.22. The van der Waals surface area contributed by atoms with E-state index < -0.39 is 11.7 Å². The predicted molar refractivity (Wildman–Crippen MR) is 85.0 cm³/mol. The maximum atomic E-state index is 10.7. The van der Waals surface area contributed by atoms with Crippen LogP contribution < -0.4 is 0 Å². The molecular formula is C18H30O2. The fraction of sp³-hybridized carbons (Fsp3) is 0.667. The van der Waals surface area contributed by atoms with Gasteiger partial charge in [-0.05, 0) is 36.3 Å². The highest BCUT2D eigenvalue weighted by molar-refractivity contribution is 5.29. The van der Waals surface area contributed by atoms with E-state index in [1.807, 2.05) is 19.1 Å². The molecule has 2 nitrogen and oxygen atoms in total. The molecule has 114 valence electrons. The van der Waals surface area contributed by atoms with Gasteiger partial charge in [0.25, 0.3) is 0 Å². The Bertz CT molecular complexity index is 396. The lowest BCUT2D eigenvalue weighted by Gasteiger charge is -2.36. The molecule has 0 saturated carbocycles. The highest BCUT2D eigenvalue weighted by Crippen LogP contribution is 2.36. The molecular weight excluding hydrogens is 248 g/mol. The molecule has 0 amide bonds. The number of hydrogen-bond donors (Lipinski definition) is 1. The van der Waals surface area contributed by atoms with Gasteiger partial charge in [0, 0.05) is 6.61 Å². The Morgan fingerprint density at radius 3 is 1.85 bits per heavy atom. The Kier molecular flexibility index (Phi) is 5.79. The number of aliphatic hydroxyl groups excluding tert-OH is 1. The molecule has 1 rings (SSSR count). The first-order valence-electron chi connectivity index (χ1n) is 7.73. The SMILES string of the molecule is CCOC(CC)(CC)C(O)c1ccc(C(C)(C)C)cc1. The van der Waals surface area contributed by atoms with Crippen LogP contribution in [-0.4, -0.2) is 17.3 Å². The van der Waals surface area contributed by atoms with Crippen molar-refractivity contribution in [3.05, 3.63) is 35.4 Å². The monoisotopic (exact) mass is 278 g/mol. The second kappa shape index (κ2) is 6.73. The van der Waals surface area contributed by atoms with E-state index >= 15 is 0 Å². The topological polar surface area (TPSA) is 29.5 Å². The maximum absolute atomic E-state index is 10.7. The Morgan fingerprint density at radius 2 is 1.50 bits per heavy atom. The summed E-state index contributed by atoms with van der Waals surface area (Å²) < 4.78 is 5.89. The highest BCUT2D eigenvalue weighted by atomic mass is 16.5. The van der Waals surface area contributed by atoms with Gasteiger partial charge < -0.3 is 9.84 Å². The molecule has 20 heavy (non-hydrogen) atoms. The summed E-state index contributed by atoms with van der Waals surface area (Å²) in [6.07, 6.45) is 1.03. The molecule has 2 heteroatoms. The summed E-state index contributed by atoms with van der Waals surface area (Å²) in [6.45, 7) is 13.3. The first-order chi connectivity index (χ1) is 9.30. The van der Waals surface area contributed by atoms with Crippen LogP contribution >= 0.6 is 0 Å². The van der Waals surface area contributed by atoms with Crippen molar-refractivity contribution in [1.29, 1.82) is 0 Å². The zero-order valence-corrected chi connectivity index (χ0v) is 13.9. The third kappa shape index (κ3) is 3.62. The van der Waals surface area contributed by atoms with Gasteiger partial charge in [-0.1, -0.05) is 58.9 Å². The van der Waals surface area contributed by atoms with Crippen molar-refractivity contribution in [3.8, 4) is 0 Å². The van der Waals surface area contributed by atoms with Crippen LogP contribution in [0.4, 0.5) is 0 Å². The second-order valence-corrected chi connectivity index (χ2v) is 6.48. The van der Waals surface area contributed by atoms with Crippen molar-refractivity contribution >= 4 is 0 Å². The highest BCUT2D eigenvalue weighted by Gasteiger charge is 2.36.